The van der Waals surface area contributed by atoms with Crippen LogP contribution in [0.15, 0.2) is 12.3 Å². The number of aromatic amines is 1. The SMILES string of the molecule is CCc1c[nH]c2c1C=CCC2C. The molecule has 1 atom stereocenters. The van der Waals surface area contributed by atoms with E-state index in [0.29, 0.717) is 5.92 Å². The lowest BCUT2D eigenvalue weighted by molar-refractivity contribution is 0.747. The van der Waals surface area contributed by atoms with E-state index in [4.69, 9.17) is 0 Å². The first-order valence-corrected chi connectivity index (χ1v) is 4.69. The van der Waals surface area contributed by atoms with Crippen LogP contribution < -0.4 is 0 Å². The van der Waals surface area contributed by atoms with Gasteiger partial charge in [0.2, 0.25) is 0 Å². The van der Waals surface area contributed by atoms with Crippen molar-refractivity contribution >= 4 is 6.08 Å². The van der Waals surface area contributed by atoms with Crippen LogP contribution in [0.25, 0.3) is 6.08 Å². The summed E-state index contributed by atoms with van der Waals surface area (Å²) in [6.45, 7) is 4.48. The minimum absolute atomic E-state index is 0.672. The quantitative estimate of drug-likeness (QED) is 0.651. The molecule has 0 fully saturated rings. The molecule has 0 spiro atoms. The number of aromatic nitrogens is 1. The topological polar surface area (TPSA) is 15.8 Å². The molecule has 1 heterocycles. The molecule has 0 aliphatic heterocycles. The second-order valence-electron chi connectivity index (χ2n) is 3.53. The van der Waals surface area contributed by atoms with Gasteiger partial charge in [0, 0.05) is 17.8 Å². The molecule has 1 unspecified atom stereocenters. The average Bonchev–Trinajstić information content (AvgIpc) is 2.49. The highest BCUT2D eigenvalue weighted by molar-refractivity contribution is 5.59. The van der Waals surface area contributed by atoms with Gasteiger partial charge in [-0.15, -0.1) is 0 Å². The summed E-state index contributed by atoms with van der Waals surface area (Å²) >= 11 is 0. The number of fused-ring (bicyclic) bond motifs is 1. The molecule has 1 heteroatoms. The molecule has 1 aliphatic carbocycles. The Bertz CT molecular complexity index is 307. The Balaban J connectivity index is 2.50. The zero-order valence-electron chi connectivity index (χ0n) is 7.72. The van der Waals surface area contributed by atoms with Crippen molar-refractivity contribution in [2.45, 2.75) is 32.6 Å². The number of hydrogen-bond acceptors (Lipinski definition) is 0. The van der Waals surface area contributed by atoms with Gasteiger partial charge in [0.05, 0.1) is 0 Å². The Labute approximate surface area is 73.5 Å². The van der Waals surface area contributed by atoms with Gasteiger partial charge in [-0.25, -0.2) is 0 Å². The van der Waals surface area contributed by atoms with Crippen LogP contribution in [0.5, 0.6) is 0 Å². The predicted molar refractivity (Wildman–Crippen MR) is 52.2 cm³/mol. The Morgan fingerprint density at radius 1 is 1.58 bits per heavy atom. The van der Waals surface area contributed by atoms with Crippen molar-refractivity contribution in [3.63, 3.8) is 0 Å². The van der Waals surface area contributed by atoms with E-state index in [0.717, 1.165) is 6.42 Å². The molecule has 1 nitrogen and oxygen atoms in total. The standard InChI is InChI=1S/C11H15N/c1-3-9-7-12-11-8(2)5-4-6-10(9)11/h4,6-8,12H,3,5H2,1-2H3. The lowest BCUT2D eigenvalue weighted by Gasteiger charge is -2.13. The second kappa shape index (κ2) is 2.81. The first kappa shape index (κ1) is 7.66. The van der Waals surface area contributed by atoms with E-state index in [1.165, 1.54) is 23.2 Å². The summed E-state index contributed by atoms with van der Waals surface area (Å²) in [7, 11) is 0. The molecule has 0 bridgehead atoms. The lowest BCUT2D eigenvalue weighted by Crippen LogP contribution is -1.99. The number of allylic oxidation sites excluding steroid dienone is 1. The third kappa shape index (κ3) is 1.01. The normalized spacial score (nSPS) is 21.0. The molecular formula is C11H15N. The first-order valence-electron chi connectivity index (χ1n) is 4.69. The number of hydrogen-bond donors (Lipinski definition) is 1. The summed E-state index contributed by atoms with van der Waals surface area (Å²) in [4.78, 5) is 3.38. The molecule has 64 valence electrons. The average molecular weight is 161 g/mol. The summed E-state index contributed by atoms with van der Waals surface area (Å²) in [5, 5.41) is 0. The van der Waals surface area contributed by atoms with Crippen molar-refractivity contribution in [3.8, 4) is 0 Å². The summed E-state index contributed by atoms with van der Waals surface area (Å²) in [6, 6.07) is 0. The van der Waals surface area contributed by atoms with Crippen LogP contribution >= 0.6 is 0 Å². The maximum absolute atomic E-state index is 3.38. The zero-order valence-corrected chi connectivity index (χ0v) is 7.72. The van der Waals surface area contributed by atoms with Crippen molar-refractivity contribution in [1.29, 1.82) is 0 Å². The van der Waals surface area contributed by atoms with E-state index in [9.17, 15) is 0 Å². The molecule has 2 rings (SSSR count). The van der Waals surface area contributed by atoms with Crippen LogP contribution in [0.1, 0.15) is 43.0 Å². The van der Waals surface area contributed by atoms with Gasteiger partial charge in [-0.2, -0.15) is 0 Å². The Morgan fingerprint density at radius 2 is 2.42 bits per heavy atom. The van der Waals surface area contributed by atoms with E-state index < -0.39 is 0 Å². The molecule has 0 saturated carbocycles. The van der Waals surface area contributed by atoms with Crippen LogP contribution in [0, 0.1) is 0 Å². The van der Waals surface area contributed by atoms with Gasteiger partial charge in [-0.05, 0) is 24.0 Å². The Morgan fingerprint density at radius 3 is 3.17 bits per heavy atom. The molecule has 0 amide bonds. The molecule has 0 radical (unpaired) electrons. The molecule has 1 aromatic heterocycles. The van der Waals surface area contributed by atoms with Gasteiger partial charge in [0.25, 0.3) is 0 Å². The number of aryl methyl sites for hydroxylation is 1. The van der Waals surface area contributed by atoms with Gasteiger partial charge in [0.15, 0.2) is 0 Å². The maximum atomic E-state index is 3.38. The molecular weight excluding hydrogens is 146 g/mol. The van der Waals surface area contributed by atoms with E-state index in [-0.39, 0.29) is 0 Å². The van der Waals surface area contributed by atoms with E-state index >= 15 is 0 Å². The monoisotopic (exact) mass is 161 g/mol. The first-order chi connectivity index (χ1) is 5.83. The fourth-order valence-electron chi connectivity index (χ4n) is 1.90. The summed E-state index contributed by atoms with van der Waals surface area (Å²) in [5.74, 6) is 0.672. The number of rotatable bonds is 1. The summed E-state index contributed by atoms with van der Waals surface area (Å²) in [5.41, 5.74) is 4.32. The number of nitrogens with one attached hydrogen (secondary N) is 1. The van der Waals surface area contributed by atoms with Gasteiger partial charge < -0.3 is 4.98 Å². The minimum Gasteiger partial charge on any atom is -0.364 e. The molecule has 1 N–H and O–H groups in total. The van der Waals surface area contributed by atoms with Crippen molar-refractivity contribution < 1.29 is 0 Å². The number of H-pyrrole nitrogens is 1. The van der Waals surface area contributed by atoms with Gasteiger partial charge in [0.1, 0.15) is 0 Å². The predicted octanol–water partition coefficient (Wildman–Crippen LogP) is 3.10. The Kier molecular flexibility index (Phi) is 1.80. The molecule has 0 aromatic carbocycles. The maximum Gasteiger partial charge on any atom is 0.0255 e. The minimum atomic E-state index is 0.672. The fourth-order valence-corrected chi connectivity index (χ4v) is 1.90. The van der Waals surface area contributed by atoms with Gasteiger partial charge in [-0.1, -0.05) is 26.0 Å². The molecule has 12 heavy (non-hydrogen) atoms. The Hall–Kier alpha value is -0.980. The van der Waals surface area contributed by atoms with E-state index in [2.05, 4.69) is 37.2 Å². The fraction of sp³-hybridized carbons (Fsp3) is 0.455. The highest BCUT2D eigenvalue weighted by atomic mass is 14.7. The van der Waals surface area contributed by atoms with Crippen molar-refractivity contribution in [1.82, 2.24) is 4.98 Å². The lowest BCUT2D eigenvalue weighted by atomic mass is 9.93. The molecule has 1 aliphatic rings. The summed E-state index contributed by atoms with van der Waals surface area (Å²) in [6.07, 6.45) is 8.99. The third-order valence-electron chi connectivity index (χ3n) is 2.69. The zero-order chi connectivity index (χ0) is 8.55. The van der Waals surface area contributed by atoms with Crippen LogP contribution in [0.3, 0.4) is 0 Å². The molecule has 1 aromatic rings. The van der Waals surface area contributed by atoms with Crippen molar-refractivity contribution in [2.24, 2.45) is 0 Å². The highest BCUT2D eigenvalue weighted by Crippen LogP contribution is 2.30. The van der Waals surface area contributed by atoms with Crippen LogP contribution in [-0.4, -0.2) is 4.98 Å². The van der Waals surface area contributed by atoms with Gasteiger partial charge >= 0.3 is 0 Å². The van der Waals surface area contributed by atoms with Crippen molar-refractivity contribution in [2.75, 3.05) is 0 Å². The summed E-state index contributed by atoms with van der Waals surface area (Å²) < 4.78 is 0. The van der Waals surface area contributed by atoms with Crippen LogP contribution in [0.2, 0.25) is 0 Å². The highest BCUT2D eigenvalue weighted by Gasteiger charge is 2.15. The third-order valence-corrected chi connectivity index (χ3v) is 2.69. The molecule has 0 saturated heterocycles. The second-order valence-corrected chi connectivity index (χ2v) is 3.53. The largest absolute Gasteiger partial charge is 0.364 e. The van der Waals surface area contributed by atoms with Crippen LogP contribution in [-0.2, 0) is 6.42 Å². The van der Waals surface area contributed by atoms with Crippen molar-refractivity contribution in [3.05, 3.63) is 29.1 Å². The van der Waals surface area contributed by atoms with E-state index in [1.54, 1.807) is 0 Å². The van der Waals surface area contributed by atoms with Gasteiger partial charge in [-0.3, -0.25) is 0 Å². The van der Waals surface area contributed by atoms with Crippen LogP contribution in [0.4, 0.5) is 0 Å². The smallest absolute Gasteiger partial charge is 0.0255 e. The van der Waals surface area contributed by atoms with E-state index in [1.807, 2.05) is 0 Å².